The molecule has 30 heavy (non-hydrogen) atoms. The Morgan fingerprint density at radius 2 is 2.00 bits per heavy atom. The molecule has 1 atom stereocenters. The van der Waals surface area contributed by atoms with Gasteiger partial charge in [-0.15, -0.1) is 0 Å². The van der Waals surface area contributed by atoms with Crippen LogP contribution in [0.4, 0.5) is 0 Å². The normalized spacial score (nSPS) is 17.5. The van der Waals surface area contributed by atoms with Crippen LogP contribution < -0.4 is 0 Å². The van der Waals surface area contributed by atoms with Gasteiger partial charge in [0, 0.05) is 17.5 Å². The van der Waals surface area contributed by atoms with E-state index >= 15 is 0 Å². The summed E-state index contributed by atoms with van der Waals surface area (Å²) in [6, 6.07) is 12.6. The van der Waals surface area contributed by atoms with Crippen molar-refractivity contribution in [3.05, 3.63) is 64.9 Å². The van der Waals surface area contributed by atoms with E-state index in [2.05, 4.69) is 0 Å². The van der Waals surface area contributed by atoms with Gasteiger partial charge in [-0.3, -0.25) is 0 Å². The number of nitrogens with zero attached hydrogens (tertiary/aromatic N) is 1. The van der Waals surface area contributed by atoms with Crippen molar-refractivity contribution < 1.29 is 22.4 Å². The van der Waals surface area contributed by atoms with Crippen LogP contribution in [0.1, 0.15) is 53.1 Å². The zero-order chi connectivity index (χ0) is 21.5. The highest BCUT2D eigenvalue weighted by molar-refractivity contribution is 7.89. The molecule has 1 fully saturated rings. The van der Waals surface area contributed by atoms with Gasteiger partial charge >= 0.3 is 5.97 Å². The fraction of sp³-hybridized carbons (Fsp3) is 0.348. The Labute approximate surface area is 176 Å². The number of hydrogen-bond donors (Lipinski definition) is 0. The number of rotatable bonds is 5. The highest BCUT2D eigenvalue weighted by atomic mass is 32.2. The number of aryl methyl sites for hydroxylation is 2. The van der Waals surface area contributed by atoms with Gasteiger partial charge in [-0.1, -0.05) is 29.8 Å². The first-order valence-electron chi connectivity index (χ1n) is 10.1. The molecule has 2 heterocycles. The molecule has 1 saturated heterocycles. The quantitative estimate of drug-likeness (QED) is 0.549. The van der Waals surface area contributed by atoms with Gasteiger partial charge in [0.2, 0.25) is 15.8 Å². The second-order valence-corrected chi connectivity index (χ2v) is 9.51. The van der Waals surface area contributed by atoms with Crippen molar-refractivity contribution >= 4 is 27.0 Å². The van der Waals surface area contributed by atoms with Crippen molar-refractivity contribution in [2.75, 3.05) is 13.2 Å². The van der Waals surface area contributed by atoms with E-state index in [9.17, 15) is 13.2 Å². The Morgan fingerprint density at radius 1 is 1.20 bits per heavy atom. The predicted octanol–water partition coefficient (Wildman–Crippen LogP) is 4.75. The standard InChI is InChI=1S/C23H25NO5S/c1-4-28-23(25)22-16(3)19-14-18(10-11-21(19)29-22)30(26,27)24-12-6-9-20(24)17-8-5-7-15(2)13-17/h5,7-8,10-11,13-14,20H,4,6,9,12H2,1-3H3/t20-/m1/s1. The average molecular weight is 428 g/mol. The summed E-state index contributed by atoms with van der Waals surface area (Å²) in [5, 5.41) is 0.602. The Kier molecular flexibility index (Phi) is 5.42. The average Bonchev–Trinajstić information content (AvgIpc) is 3.34. The van der Waals surface area contributed by atoms with Crippen LogP contribution in [0.25, 0.3) is 11.0 Å². The van der Waals surface area contributed by atoms with Crippen LogP contribution in [0.5, 0.6) is 0 Å². The molecule has 2 aromatic carbocycles. The minimum Gasteiger partial charge on any atom is -0.460 e. The number of carbonyl (C=O) groups is 1. The van der Waals surface area contributed by atoms with Gasteiger partial charge in [0.25, 0.3) is 0 Å². The molecule has 1 aliphatic heterocycles. The van der Waals surface area contributed by atoms with Gasteiger partial charge in [0.05, 0.1) is 17.5 Å². The molecule has 0 amide bonds. The third kappa shape index (κ3) is 3.52. The Hall–Kier alpha value is -2.64. The lowest BCUT2D eigenvalue weighted by atomic mass is 10.0. The van der Waals surface area contributed by atoms with Crippen LogP contribution in [0.3, 0.4) is 0 Å². The summed E-state index contributed by atoms with van der Waals surface area (Å²) in [7, 11) is -3.70. The van der Waals surface area contributed by atoms with E-state index in [1.165, 1.54) is 0 Å². The maximum absolute atomic E-state index is 13.5. The lowest BCUT2D eigenvalue weighted by molar-refractivity contribution is 0.0491. The topological polar surface area (TPSA) is 76.8 Å². The number of ether oxygens (including phenoxy) is 1. The molecule has 0 aliphatic carbocycles. The summed E-state index contributed by atoms with van der Waals surface area (Å²) < 4.78 is 39.3. The molecule has 0 saturated carbocycles. The summed E-state index contributed by atoms with van der Waals surface area (Å²) in [6.45, 7) is 6.19. The summed E-state index contributed by atoms with van der Waals surface area (Å²) in [5.41, 5.74) is 3.17. The van der Waals surface area contributed by atoms with E-state index in [4.69, 9.17) is 9.15 Å². The number of carbonyl (C=O) groups excluding carboxylic acids is 1. The first-order chi connectivity index (χ1) is 14.3. The van der Waals surface area contributed by atoms with Crippen LogP contribution in [0.15, 0.2) is 51.8 Å². The molecule has 0 bridgehead atoms. The molecular formula is C23H25NO5S. The molecular weight excluding hydrogens is 402 g/mol. The highest BCUT2D eigenvalue weighted by Gasteiger charge is 2.36. The zero-order valence-electron chi connectivity index (χ0n) is 17.3. The van der Waals surface area contributed by atoms with Crippen molar-refractivity contribution in [1.82, 2.24) is 4.31 Å². The second-order valence-electron chi connectivity index (χ2n) is 7.62. The third-order valence-electron chi connectivity index (χ3n) is 5.61. The minimum absolute atomic E-state index is 0.111. The molecule has 4 rings (SSSR count). The molecule has 0 N–H and O–H groups in total. The SMILES string of the molecule is CCOC(=O)c1oc2ccc(S(=O)(=O)N3CCC[C@@H]3c3cccc(C)c3)cc2c1C. The lowest BCUT2D eigenvalue weighted by Crippen LogP contribution is -2.30. The molecule has 3 aromatic rings. The molecule has 0 radical (unpaired) electrons. The summed E-state index contributed by atoms with van der Waals surface area (Å²) >= 11 is 0. The van der Waals surface area contributed by atoms with E-state index in [1.54, 1.807) is 36.4 Å². The number of hydrogen-bond acceptors (Lipinski definition) is 5. The van der Waals surface area contributed by atoms with E-state index in [0.717, 1.165) is 24.0 Å². The predicted molar refractivity (Wildman–Crippen MR) is 114 cm³/mol. The van der Waals surface area contributed by atoms with E-state index < -0.39 is 16.0 Å². The molecule has 1 aromatic heterocycles. The van der Waals surface area contributed by atoms with E-state index in [1.807, 2.05) is 31.2 Å². The smallest absolute Gasteiger partial charge is 0.374 e. The van der Waals surface area contributed by atoms with Crippen LogP contribution >= 0.6 is 0 Å². The zero-order valence-corrected chi connectivity index (χ0v) is 18.2. The van der Waals surface area contributed by atoms with Gasteiger partial charge in [0.15, 0.2) is 0 Å². The summed E-state index contributed by atoms with van der Waals surface area (Å²) in [4.78, 5) is 12.3. The molecule has 0 unspecified atom stereocenters. The van der Waals surface area contributed by atoms with Gasteiger partial charge in [0.1, 0.15) is 5.58 Å². The van der Waals surface area contributed by atoms with E-state index in [-0.39, 0.29) is 23.3 Å². The fourth-order valence-corrected chi connectivity index (χ4v) is 5.83. The Bertz CT molecular complexity index is 1210. The largest absolute Gasteiger partial charge is 0.460 e. The van der Waals surface area contributed by atoms with Gasteiger partial charge < -0.3 is 9.15 Å². The number of esters is 1. The first kappa shape index (κ1) is 20.6. The maximum Gasteiger partial charge on any atom is 0.374 e. The van der Waals surface area contributed by atoms with Gasteiger partial charge in [-0.2, -0.15) is 4.31 Å². The summed E-state index contributed by atoms with van der Waals surface area (Å²) in [6.07, 6.45) is 1.61. The second kappa shape index (κ2) is 7.89. The van der Waals surface area contributed by atoms with Crippen molar-refractivity contribution in [1.29, 1.82) is 0 Å². The first-order valence-corrected chi connectivity index (χ1v) is 11.6. The van der Waals surface area contributed by atoms with Crippen molar-refractivity contribution in [3.63, 3.8) is 0 Å². The van der Waals surface area contributed by atoms with Crippen molar-refractivity contribution in [3.8, 4) is 0 Å². The summed E-state index contributed by atoms with van der Waals surface area (Å²) in [5.74, 6) is -0.435. The molecule has 158 valence electrons. The minimum atomic E-state index is -3.70. The van der Waals surface area contributed by atoms with Crippen LogP contribution in [0, 0.1) is 13.8 Å². The Balaban J connectivity index is 1.73. The number of benzene rings is 2. The monoisotopic (exact) mass is 427 g/mol. The molecule has 1 aliphatic rings. The third-order valence-corrected chi connectivity index (χ3v) is 7.51. The molecule has 6 nitrogen and oxygen atoms in total. The van der Waals surface area contributed by atoms with Crippen LogP contribution in [-0.4, -0.2) is 31.8 Å². The van der Waals surface area contributed by atoms with E-state index in [0.29, 0.717) is 23.1 Å². The number of sulfonamides is 1. The van der Waals surface area contributed by atoms with Gasteiger partial charge in [-0.05, 0) is 57.4 Å². The maximum atomic E-state index is 13.5. The number of fused-ring (bicyclic) bond motifs is 1. The Morgan fingerprint density at radius 3 is 2.73 bits per heavy atom. The van der Waals surface area contributed by atoms with Crippen LogP contribution in [0.2, 0.25) is 0 Å². The lowest BCUT2D eigenvalue weighted by Gasteiger charge is -2.24. The molecule has 0 spiro atoms. The highest BCUT2D eigenvalue weighted by Crippen LogP contribution is 2.38. The van der Waals surface area contributed by atoms with Crippen molar-refractivity contribution in [2.24, 2.45) is 0 Å². The van der Waals surface area contributed by atoms with Crippen molar-refractivity contribution in [2.45, 2.75) is 44.6 Å². The number of furan rings is 1. The van der Waals surface area contributed by atoms with Gasteiger partial charge in [-0.25, -0.2) is 13.2 Å². The fourth-order valence-electron chi connectivity index (χ4n) is 4.13. The van der Waals surface area contributed by atoms with Crippen LogP contribution in [-0.2, 0) is 14.8 Å². The molecule has 7 heteroatoms.